The summed E-state index contributed by atoms with van der Waals surface area (Å²) in [5.74, 6) is 0. The Morgan fingerprint density at radius 1 is 0.537 bits per heavy atom. The van der Waals surface area contributed by atoms with E-state index in [1.807, 2.05) is 12.1 Å². The fraction of sp³-hybridized carbons (Fsp3) is 0.128. The number of aliphatic hydroxyl groups is 1. The molecule has 2 heteroatoms. The Kier molecular flexibility index (Phi) is 9.73. The van der Waals surface area contributed by atoms with Gasteiger partial charge in [0.15, 0.2) is 0 Å². The first kappa shape index (κ1) is 28.0. The molecular formula is C39H37NO. The Balaban J connectivity index is 1.53. The quantitative estimate of drug-likeness (QED) is 0.183. The van der Waals surface area contributed by atoms with E-state index in [2.05, 4.69) is 157 Å². The Labute approximate surface area is 244 Å². The highest BCUT2D eigenvalue weighted by atomic mass is 16.3. The van der Waals surface area contributed by atoms with Gasteiger partial charge in [0.2, 0.25) is 0 Å². The number of hydrogen-bond donors (Lipinski definition) is 1. The molecule has 2 nitrogen and oxygen atoms in total. The van der Waals surface area contributed by atoms with Crippen LogP contribution < -0.4 is 0 Å². The van der Waals surface area contributed by atoms with E-state index in [0.29, 0.717) is 0 Å². The van der Waals surface area contributed by atoms with Gasteiger partial charge in [-0.1, -0.05) is 158 Å². The zero-order valence-corrected chi connectivity index (χ0v) is 23.6. The lowest BCUT2D eigenvalue weighted by atomic mass is 9.96. The highest BCUT2D eigenvalue weighted by Crippen LogP contribution is 2.28. The average molecular weight is 536 g/mol. The van der Waals surface area contributed by atoms with Crippen LogP contribution in [0.2, 0.25) is 0 Å². The summed E-state index contributed by atoms with van der Waals surface area (Å²) in [6, 6.07) is 51.0. The van der Waals surface area contributed by atoms with Crippen LogP contribution in [0.3, 0.4) is 0 Å². The average Bonchev–Trinajstić information content (AvgIpc) is 3.05. The minimum atomic E-state index is 0.0544. The summed E-state index contributed by atoms with van der Waals surface area (Å²) in [6.07, 6.45) is 4.73. The molecule has 0 saturated carbocycles. The van der Waals surface area contributed by atoms with Crippen molar-refractivity contribution in [3.05, 3.63) is 191 Å². The molecule has 1 atom stereocenters. The summed E-state index contributed by atoms with van der Waals surface area (Å²) in [4.78, 5) is 2.51. The zero-order valence-electron chi connectivity index (χ0n) is 23.6. The molecule has 0 heterocycles. The Hall–Kier alpha value is -4.50. The van der Waals surface area contributed by atoms with Crippen molar-refractivity contribution in [2.24, 2.45) is 0 Å². The molecule has 0 aliphatic heterocycles. The van der Waals surface area contributed by atoms with Gasteiger partial charge in [-0.05, 0) is 51.5 Å². The minimum absolute atomic E-state index is 0.0544. The van der Waals surface area contributed by atoms with E-state index in [1.54, 1.807) is 0 Å². The summed E-state index contributed by atoms with van der Waals surface area (Å²) in [5.41, 5.74) is 9.46. The van der Waals surface area contributed by atoms with Crippen LogP contribution in [-0.2, 0) is 6.61 Å². The topological polar surface area (TPSA) is 23.5 Å². The van der Waals surface area contributed by atoms with Crippen LogP contribution >= 0.6 is 0 Å². The van der Waals surface area contributed by atoms with Crippen LogP contribution in [0.5, 0.6) is 0 Å². The van der Waals surface area contributed by atoms with E-state index in [4.69, 9.17) is 0 Å². The number of aliphatic hydroxyl groups excluding tert-OH is 1. The molecule has 5 rings (SSSR count). The third-order valence-electron chi connectivity index (χ3n) is 7.59. The molecule has 0 aromatic heterocycles. The van der Waals surface area contributed by atoms with Crippen molar-refractivity contribution < 1.29 is 5.11 Å². The standard InChI is InChI=1S/C39H37NO/c1-31(33-24-22-32(30-41)23-25-33)40(28-26-38(34-14-6-2-7-15-34)35-16-8-3-9-17-35)29-27-39(36-18-10-4-11-19-36)37-20-12-5-13-21-37/h2-27,31,41H,28-30H2,1H3/t31-/m1/s1. The SMILES string of the molecule is C[C@H](c1ccc(CO)cc1)N(CC=C(c1ccccc1)c1ccccc1)CC=C(c1ccccc1)c1ccccc1. The van der Waals surface area contributed by atoms with E-state index >= 15 is 0 Å². The van der Waals surface area contributed by atoms with Crippen LogP contribution in [0.15, 0.2) is 158 Å². The smallest absolute Gasteiger partial charge is 0.0681 e. The first-order valence-electron chi connectivity index (χ1n) is 14.3. The van der Waals surface area contributed by atoms with Crippen LogP contribution in [-0.4, -0.2) is 23.1 Å². The second-order valence-electron chi connectivity index (χ2n) is 10.2. The van der Waals surface area contributed by atoms with Gasteiger partial charge in [0.05, 0.1) is 6.61 Å². The molecule has 0 saturated heterocycles. The van der Waals surface area contributed by atoms with Crippen molar-refractivity contribution in [2.75, 3.05) is 13.1 Å². The normalized spacial score (nSPS) is 11.6. The Morgan fingerprint density at radius 3 is 1.20 bits per heavy atom. The molecule has 0 unspecified atom stereocenters. The van der Waals surface area contributed by atoms with Crippen LogP contribution in [0, 0.1) is 0 Å². The fourth-order valence-electron chi connectivity index (χ4n) is 5.20. The van der Waals surface area contributed by atoms with E-state index in [1.165, 1.54) is 39.0 Å². The number of nitrogens with zero attached hydrogens (tertiary/aromatic N) is 1. The van der Waals surface area contributed by atoms with Crippen LogP contribution in [0.1, 0.15) is 46.3 Å². The summed E-state index contributed by atoms with van der Waals surface area (Å²) >= 11 is 0. The lowest BCUT2D eigenvalue weighted by Crippen LogP contribution is -2.28. The monoisotopic (exact) mass is 535 g/mol. The highest BCUT2D eigenvalue weighted by Gasteiger charge is 2.16. The molecule has 5 aromatic rings. The molecule has 0 bridgehead atoms. The second kappa shape index (κ2) is 14.2. The van der Waals surface area contributed by atoms with Crippen molar-refractivity contribution >= 4 is 11.1 Å². The van der Waals surface area contributed by atoms with Crippen molar-refractivity contribution in [2.45, 2.75) is 19.6 Å². The molecule has 41 heavy (non-hydrogen) atoms. The van der Waals surface area contributed by atoms with Gasteiger partial charge in [0, 0.05) is 19.1 Å². The zero-order chi connectivity index (χ0) is 28.3. The maximum atomic E-state index is 9.57. The largest absolute Gasteiger partial charge is 0.392 e. The van der Waals surface area contributed by atoms with Crippen molar-refractivity contribution in [3.63, 3.8) is 0 Å². The summed E-state index contributed by atoms with van der Waals surface area (Å²) in [6.45, 7) is 3.87. The molecule has 0 amide bonds. The summed E-state index contributed by atoms with van der Waals surface area (Å²) < 4.78 is 0. The number of hydrogen-bond acceptors (Lipinski definition) is 2. The number of rotatable bonds is 11. The van der Waals surface area contributed by atoms with E-state index in [-0.39, 0.29) is 12.6 Å². The van der Waals surface area contributed by atoms with Gasteiger partial charge in [-0.25, -0.2) is 0 Å². The van der Waals surface area contributed by atoms with Gasteiger partial charge in [0.1, 0.15) is 0 Å². The maximum absolute atomic E-state index is 9.57. The molecule has 5 aromatic carbocycles. The van der Waals surface area contributed by atoms with Gasteiger partial charge in [0.25, 0.3) is 0 Å². The third kappa shape index (κ3) is 7.37. The van der Waals surface area contributed by atoms with E-state index in [0.717, 1.165) is 18.7 Å². The van der Waals surface area contributed by atoms with Crippen molar-refractivity contribution in [3.8, 4) is 0 Å². The predicted molar refractivity (Wildman–Crippen MR) is 172 cm³/mol. The second-order valence-corrected chi connectivity index (χ2v) is 10.2. The molecule has 0 fully saturated rings. The highest BCUT2D eigenvalue weighted by molar-refractivity contribution is 5.80. The molecular weight excluding hydrogens is 498 g/mol. The summed E-state index contributed by atoms with van der Waals surface area (Å²) in [7, 11) is 0. The molecule has 1 N–H and O–H groups in total. The van der Waals surface area contributed by atoms with Gasteiger partial charge >= 0.3 is 0 Å². The lowest BCUT2D eigenvalue weighted by Gasteiger charge is -2.28. The molecule has 0 radical (unpaired) electrons. The van der Waals surface area contributed by atoms with Crippen molar-refractivity contribution in [1.82, 2.24) is 4.90 Å². The molecule has 0 aliphatic rings. The first-order valence-corrected chi connectivity index (χ1v) is 14.3. The molecule has 204 valence electrons. The van der Waals surface area contributed by atoms with Crippen molar-refractivity contribution in [1.29, 1.82) is 0 Å². The van der Waals surface area contributed by atoms with Gasteiger partial charge < -0.3 is 5.11 Å². The van der Waals surface area contributed by atoms with Gasteiger partial charge in [-0.15, -0.1) is 0 Å². The van der Waals surface area contributed by atoms with Gasteiger partial charge in [-0.3, -0.25) is 4.90 Å². The van der Waals surface area contributed by atoms with Crippen LogP contribution in [0.25, 0.3) is 11.1 Å². The predicted octanol–water partition coefficient (Wildman–Crippen LogP) is 8.81. The minimum Gasteiger partial charge on any atom is -0.392 e. The van der Waals surface area contributed by atoms with Gasteiger partial charge in [-0.2, -0.15) is 0 Å². The maximum Gasteiger partial charge on any atom is 0.0681 e. The Morgan fingerprint density at radius 2 is 0.878 bits per heavy atom. The van der Waals surface area contributed by atoms with E-state index in [9.17, 15) is 5.11 Å². The summed E-state index contributed by atoms with van der Waals surface area (Å²) in [5, 5.41) is 9.57. The first-order chi connectivity index (χ1) is 20.2. The third-order valence-corrected chi connectivity index (χ3v) is 7.59. The lowest BCUT2D eigenvalue weighted by molar-refractivity contribution is 0.260. The fourth-order valence-corrected chi connectivity index (χ4v) is 5.20. The van der Waals surface area contributed by atoms with Crippen LogP contribution in [0.4, 0.5) is 0 Å². The Bertz CT molecular complexity index is 1360. The van der Waals surface area contributed by atoms with E-state index < -0.39 is 0 Å². The molecule has 0 aliphatic carbocycles. The molecule has 0 spiro atoms. The number of benzene rings is 5.